The van der Waals surface area contributed by atoms with Gasteiger partial charge in [0.15, 0.2) is 0 Å². The van der Waals surface area contributed by atoms with Crippen molar-refractivity contribution in [1.82, 2.24) is 0 Å². The predicted molar refractivity (Wildman–Crippen MR) is 94.2 cm³/mol. The first-order valence-electron chi connectivity index (χ1n) is 7.26. The topological polar surface area (TPSA) is 26.0 Å². The summed E-state index contributed by atoms with van der Waals surface area (Å²) in [5, 5.41) is 0.966. The summed E-state index contributed by atoms with van der Waals surface area (Å²) in [7, 11) is 0. The summed E-state index contributed by atoms with van der Waals surface area (Å²) in [4.78, 5) is 1.28. The Bertz CT molecular complexity index is 612. The smallest absolute Gasteiger partial charge is 0.0510 e. The molecule has 112 valence electrons. The zero-order valence-corrected chi connectivity index (χ0v) is 14.3. The van der Waals surface area contributed by atoms with E-state index >= 15 is 0 Å². The van der Waals surface area contributed by atoms with Gasteiger partial charge in [0.05, 0.1) is 5.25 Å². The van der Waals surface area contributed by atoms with Gasteiger partial charge in [0.25, 0.3) is 0 Å². The van der Waals surface area contributed by atoms with Gasteiger partial charge in [-0.15, -0.1) is 11.8 Å². The second-order valence-electron chi connectivity index (χ2n) is 5.40. The highest BCUT2D eigenvalue weighted by atomic mass is 35.5. The Morgan fingerprint density at radius 1 is 1.14 bits per heavy atom. The van der Waals surface area contributed by atoms with Gasteiger partial charge in [-0.1, -0.05) is 54.4 Å². The maximum absolute atomic E-state index is 6.39. The van der Waals surface area contributed by atoms with Crippen LogP contribution < -0.4 is 5.73 Å². The van der Waals surface area contributed by atoms with E-state index in [2.05, 4.69) is 45.0 Å². The minimum Gasteiger partial charge on any atom is -0.326 e. The molecule has 2 aromatic rings. The zero-order chi connectivity index (χ0) is 15.4. The molecule has 0 amide bonds. The van der Waals surface area contributed by atoms with Crippen molar-refractivity contribution in [3.05, 3.63) is 64.2 Å². The number of hydrogen-bond acceptors (Lipinski definition) is 2. The zero-order valence-electron chi connectivity index (χ0n) is 12.8. The van der Waals surface area contributed by atoms with Crippen molar-refractivity contribution in [2.45, 2.75) is 43.4 Å². The van der Waals surface area contributed by atoms with Crippen molar-refractivity contribution in [2.24, 2.45) is 5.73 Å². The summed E-state index contributed by atoms with van der Waals surface area (Å²) in [6.07, 6.45) is 0.924. The van der Waals surface area contributed by atoms with Gasteiger partial charge in [-0.25, -0.2) is 0 Å². The van der Waals surface area contributed by atoms with Crippen LogP contribution in [0.4, 0.5) is 0 Å². The number of hydrogen-bond donors (Lipinski definition) is 1. The Kier molecular flexibility index (Phi) is 5.74. The molecule has 2 N–H and O–H groups in total. The maximum atomic E-state index is 6.39. The van der Waals surface area contributed by atoms with Crippen LogP contribution in [0.2, 0.25) is 5.02 Å². The fourth-order valence-electron chi connectivity index (χ4n) is 2.27. The van der Waals surface area contributed by atoms with Gasteiger partial charge >= 0.3 is 0 Å². The van der Waals surface area contributed by atoms with Crippen molar-refractivity contribution < 1.29 is 0 Å². The molecule has 0 fully saturated rings. The molecule has 0 spiro atoms. The number of halogens is 1. The van der Waals surface area contributed by atoms with Gasteiger partial charge in [0.1, 0.15) is 0 Å². The fourth-order valence-corrected chi connectivity index (χ4v) is 4.07. The van der Waals surface area contributed by atoms with E-state index in [0.29, 0.717) is 0 Å². The minimum absolute atomic E-state index is 0.0785. The molecule has 1 nitrogen and oxygen atoms in total. The van der Waals surface area contributed by atoms with E-state index in [0.717, 1.165) is 17.0 Å². The van der Waals surface area contributed by atoms with Crippen molar-refractivity contribution in [3.63, 3.8) is 0 Å². The van der Waals surface area contributed by atoms with E-state index in [4.69, 9.17) is 17.3 Å². The normalized spacial score (nSPS) is 14.0. The molecule has 0 heterocycles. The molecule has 2 atom stereocenters. The van der Waals surface area contributed by atoms with E-state index in [-0.39, 0.29) is 11.3 Å². The van der Waals surface area contributed by atoms with E-state index in [1.165, 1.54) is 16.0 Å². The molecule has 0 saturated heterocycles. The molecule has 0 aromatic heterocycles. The predicted octanol–water partition coefficient (Wildman–Crippen LogP) is 5.53. The van der Waals surface area contributed by atoms with Crippen LogP contribution in [-0.4, -0.2) is 6.04 Å². The average molecular weight is 320 g/mol. The van der Waals surface area contributed by atoms with Gasteiger partial charge in [-0.05, 0) is 43.5 Å². The Balaban J connectivity index is 2.38. The first kappa shape index (κ1) is 16.4. The van der Waals surface area contributed by atoms with Gasteiger partial charge in [0.2, 0.25) is 0 Å². The monoisotopic (exact) mass is 319 g/mol. The van der Waals surface area contributed by atoms with Crippen molar-refractivity contribution >= 4 is 23.4 Å². The second kappa shape index (κ2) is 7.35. The highest BCUT2D eigenvalue weighted by Crippen LogP contribution is 2.42. The van der Waals surface area contributed by atoms with E-state index in [1.807, 2.05) is 30.0 Å². The van der Waals surface area contributed by atoms with Crippen molar-refractivity contribution in [2.75, 3.05) is 0 Å². The second-order valence-corrected chi connectivity index (χ2v) is 6.99. The summed E-state index contributed by atoms with van der Waals surface area (Å²) < 4.78 is 0. The minimum atomic E-state index is 0.0785. The summed E-state index contributed by atoms with van der Waals surface area (Å²) in [6, 6.07) is 14.6. The van der Waals surface area contributed by atoms with Crippen LogP contribution in [0, 0.1) is 13.8 Å². The van der Waals surface area contributed by atoms with Crippen LogP contribution in [0.5, 0.6) is 0 Å². The van der Waals surface area contributed by atoms with Crippen LogP contribution in [0.25, 0.3) is 0 Å². The summed E-state index contributed by atoms with van der Waals surface area (Å²) >= 11 is 8.21. The summed E-state index contributed by atoms with van der Waals surface area (Å²) in [5.41, 5.74) is 10.1. The third-order valence-electron chi connectivity index (χ3n) is 3.67. The van der Waals surface area contributed by atoms with E-state index < -0.39 is 0 Å². The molecule has 2 rings (SSSR count). The number of nitrogens with two attached hydrogens (primary N) is 1. The molecule has 21 heavy (non-hydrogen) atoms. The molecule has 0 aliphatic rings. The van der Waals surface area contributed by atoms with Crippen LogP contribution >= 0.6 is 23.4 Å². The highest BCUT2D eigenvalue weighted by molar-refractivity contribution is 7.99. The van der Waals surface area contributed by atoms with Crippen LogP contribution in [0.1, 0.15) is 35.3 Å². The molecule has 0 radical (unpaired) electrons. The molecular formula is C18H22ClNS. The van der Waals surface area contributed by atoms with Crippen LogP contribution in [-0.2, 0) is 0 Å². The van der Waals surface area contributed by atoms with Gasteiger partial charge in [0, 0.05) is 16.0 Å². The molecule has 2 aromatic carbocycles. The molecule has 3 heteroatoms. The SMILES string of the molecule is CCC(N)C(Sc1cc(C)ccc1C)c1ccccc1Cl. The summed E-state index contributed by atoms with van der Waals surface area (Å²) in [5.74, 6) is 0. The lowest BCUT2D eigenvalue weighted by Crippen LogP contribution is -2.25. The summed E-state index contributed by atoms with van der Waals surface area (Å²) in [6.45, 7) is 6.38. The third-order valence-corrected chi connectivity index (χ3v) is 5.57. The van der Waals surface area contributed by atoms with Crippen molar-refractivity contribution in [1.29, 1.82) is 0 Å². The average Bonchev–Trinajstić information content (AvgIpc) is 2.48. The van der Waals surface area contributed by atoms with E-state index in [1.54, 1.807) is 0 Å². The number of thioether (sulfide) groups is 1. The van der Waals surface area contributed by atoms with Crippen molar-refractivity contribution in [3.8, 4) is 0 Å². The Labute approximate surface area is 136 Å². The lowest BCUT2D eigenvalue weighted by atomic mass is 10.0. The largest absolute Gasteiger partial charge is 0.326 e. The van der Waals surface area contributed by atoms with E-state index in [9.17, 15) is 0 Å². The van der Waals surface area contributed by atoms with Crippen LogP contribution in [0.15, 0.2) is 47.4 Å². The maximum Gasteiger partial charge on any atom is 0.0510 e. The number of aryl methyl sites for hydroxylation is 2. The molecule has 0 aliphatic carbocycles. The van der Waals surface area contributed by atoms with Gasteiger partial charge < -0.3 is 5.73 Å². The highest BCUT2D eigenvalue weighted by Gasteiger charge is 2.22. The van der Waals surface area contributed by atoms with Crippen LogP contribution in [0.3, 0.4) is 0 Å². The fraction of sp³-hybridized carbons (Fsp3) is 0.333. The standard InChI is InChI=1S/C18H22ClNS/c1-4-16(20)18(14-7-5-6-8-15(14)19)21-17-11-12(2)9-10-13(17)3/h5-11,16,18H,4,20H2,1-3H3. The molecule has 2 unspecified atom stereocenters. The molecular weight excluding hydrogens is 298 g/mol. The Hall–Kier alpha value is -0.960. The lowest BCUT2D eigenvalue weighted by Gasteiger charge is -2.24. The Morgan fingerprint density at radius 3 is 2.52 bits per heavy atom. The first-order valence-corrected chi connectivity index (χ1v) is 8.52. The molecule has 0 aliphatic heterocycles. The molecule has 0 saturated carbocycles. The first-order chi connectivity index (χ1) is 10.0. The van der Waals surface area contributed by atoms with Gasteiger partial charge in [-0.2, -0.15) is 0 Å². The number of benzene rings is 2. The molecule has 0 bridgehead atoms. The quantitative estimate of drug-likeness (QED) is 0.733. The Morgan fingerprint density at radius 2 is 1.86 bits per heavy atom. The third kappa shape index (κ3) is 4.03. The lowest BCUT2D eigenvalue weighted by molar-refractivity contribution is 0.634. The van der Waals surface area contributed by atoms with Gasteiger partial charge in [-0.3, -0.25) is 0 Å². The number of rotatable bonds is 5.